The topological polar surface area (TPSA) is 73.1 Å². The number of nitrogens with one attached hydrogen (secondary N) is 1. The van der Waals surface area contributed by atoms with Gasteiger partial charge in [-0.25, -0.2) is 10.8 Å². The van der Waals surface area contributed by atoms with Crippen molar-refractivity contribution >= 4 is 17.5 Å². The molecule has 88 valence electrons. The Labute approximate surface area is 99.3 Å². The first-order chi connectivity index (χ1) is 7.79. The lowest BCUT2D eigenvalue weighted by molar-refractivity contribution is 0.149. The SMILES string of the molecule is NNc1ncc(Cl)c(OC2CCCCC2)n1. The summed E-state index contributed by atoms with van der Waals surface area (Å²) in [5.74, 6) is 5.96. The highest BCUT2D eigenvalue weighted by atomic mass is 35.5. The number of nitrogens with two attached hydrogens (primary N) is 1. The van der Waals surface area contributed by atoms with Crippen molar-refractivity contribution in [2.45, 2.75) is 38.2 Å². The molecule has 0 unspecified atom stereocenters. The van der Waals surface area contributed by atoms with Gasteiger partial charge in [-0.2, -0.15) is 4.98 Å². The molecule has 0 bridgehead atoms. The fourth-order valence-corrected chi connectivity index (χ4v) is 1.98. The van der Waals surface area contributed by atoms with Crippen LogP contribution in [0.4, 0.5) is 5.95 Å². The number of hydrazine groups is 1. The summed E-state index contributed by atoms with van der Waals surface area (Å²) in [6, 6.07) is 0. The van der Waals surface area contributed by atoms with E-state index in [-0.39, 0.29) is 6.10 Å². The van der Waals surface area contributed by atoms with Crippen molar-refractivity contribution in [3.63, 3.8) is 0 Å². The predicted octanol–water partition coefficient (Wildman–Crippen LogP) is 2.13. The summed E-state index contributed by atoms with van der Waals surface area (Å²) in [7, 11) is 0. The molecule has 16 heavy (non-hydrogen) atoms. The average molecular weight is 243 g/mol. The molecule has 1 aliphatic carbocycles. The van der Waals surface area contributed by atoms with Gasteiger partial charge in [0.05, 0.1) is 6.20 Å². The molecule has 1 aromatic rings. The van der Waals surface area contributed by atoms with Crippen LogP contribution in [-0.2, 0) is 0 Å². The molecule has 0 aliphatic heterocycles. The molecule has 6 heteroatoms. The van der Waals surface area contributed by atoms with Gasteiger partial charge in [0.1, 0.15) is 11.1 Å². The minimum absolute atomic E-state index is 0.215. The van der Waals surface area contributed by atoms with Crippen LogP contribution in [0.2, 0.25) is 5.02 Å². The third-order valence-corrected chi connectivity index (χ3v) is 2.93. The number of ether oxygens (including phenoxy) is 1. The number of nitrogen functional groups attached to an aromatic ring is 1. The zero-order valence-corrected chi connectivity index (χ0v) is 9.70. The van der Waals surface area contributed by atoms with Crippen LogP contribution in [0.25, 0.3) is 0 Å². The first kappa shape index (κ1) is 11.4. The molecule has 1 aliphatic rings. The normalized spacial score (nSPS) is 17.1. The van der Waals surface area contributed by atoms with Crippen LogP contribution >= 0.6 is 11.6 Å². The van der Waals surface area contributed by atoms with Gasteiger partial charge < -0.3 is 4.74 Å². The second kappa shape index (κ2) is 5.32. The van der Waals surface area contributed by atoms with Gasteiger partial charge in [-0.1, -0.05) is 18.0 Å². The van der Waals surface area contributed by atoms with Gasteiger partial charge in [-0.3, -0.25) is 5.43 Å². The van der Waals surface area contributed by atoms with Crippen LogP contribution in [0.1, 0.15) is 32.1 Å². The van der Waals surface area contributed by atoms with Crippen LogP contribution < -0.4 is 16.0 Å². The fraction of sp³-hybridized carbons (Fsp3) is 0.600. The van der Waals surface area contributed by atoms with E-state index in [4.69, 9.17) is 22.2 Å². The van der Waals surface area contributed by atoms with Crippen molar-refractivity contribution in [2.75, 3.05) is 5.43 Å². The Kier molecular flexibility index (Phi) is 3.79. The van der Waals surface area contributed by atoms with Gasteiger partial charge in [0, 0.05) is 0 Å². The van der Waals surface area contributed by atoms with E-state index in [0.717, 1.165) is 12.8 Å². The van der Waals surface area contributed by atoms with E-state index in [1.165, 1.54) is 25.5 Å². The summed E-state index contributed by atoms with van der Waals surface area (Å²) >= 11 is 5.95. The van der Waals surface area contributed by atoms with E-state index in [2.05, 4.69) is 15.4 Å². The number of nitrogens with zero attached hydrogens (tertiary/aromatic N) is 2. The molecule has 0 atom stereocenters. The van der Waals surface area contributed by atoms with Crippen LogP contribution in [0, 0.1) is 0 Å². The van der Waals surface area contributed by atoms with Gasteiger partial charge >= 0.3 is 0 Å². The lowest BCUT2D eigenvalue weighted by atomic mass is 9.98. The maximum Gasteiger partial charge on any atom is 0.240 e. The van der Waals surface area contributed by atoms with Gasteiger partial charge in [-0.15, -0.1) is 0 Å². The third-order valence-electron chi connectivity index (χ3n) is 2.67. The lowest BCUT2D eigenvalue weighted by Gasteiger charge is -2.22. The molecule has 1 heterocycles. The van der Waals surface area contributed by atoms with Crippen LogP contribution in [0.3, 0.4) is 0 Å². The van der Waals surface area contributed by atoms with E-state index in [0.29, 0.717) is 16.9 Å². The smallest absolute Gasteiger partial charge is 0.240 e. The van der Waals surface area contributed by atoms with E-state index >= 15 is 0 Å². The Hall–Kier alpha value is -1.07. The summed E-state index contributed by atoms with van der Waals surface area (Å²) in [4.78, 5) is 7.97. The van der Waals surface area contributed by atoms with Crippen LogP contribution in [-0.4, -0.2) is 16.1 Å². The third kappa shape index (κ3) is 2.74. The highest BCUT2D eigenvalue weighted by Crippen LogP contribution is 2.27. The summed E-state index contributed by atoms with van der Waals surface area (Å²) in [6.45, 7) is 0. The Morgan fingerprint density at radius 2 is 2.12 bits per heavy atom. The second-order valence-corrected chi connectivity index (χ2v) is 4.28. The number of anilines is 1. The predicted molar refractivity (Wildman–Crippen MR) is 62.4 cm³/mol. The Bertz CT molecular complexity index is 355. The lowest BCUT2D eigenvalue weighted by Crippen LogP contribution is -2.21. The van der Waals surface area contributed by atoms with Gasteiger partial charge in [0.2, 0.25) is 11.8 Å². The van der Waals surface area contributed by atoms with E-state index in [1.54, 1.807) is 0 Å². The molecule has 1 fully saturated rings. The van der Waals surface area contributed by atoms with Crippen molar-refractivity contribution < 1.29 is 4.74 Å². The standard InChI is InChI=1S/C10H15ClN4O/c11-8-6-13-10(15-12)14-9(8)16-7-4-2-1-3-5-7/h6-7H,1-5,12H2,(H,13,14,15). The molecule has 0 amide bonds. The molecule has 2 rings (SSSR count). The molecule has 1 saturated carbocycles. The Morgan fingerprint density at radius 1 is 1.38 bits per heavy atom. The maximum absolute atomic E-state index is 5.95. The zero-order chi connectivity index (χ0) is 11.4. The summed E-state index contributed by atoms with van der Waals surface area (Å²) in [5, 5.41) is 0.421. The maximum atomic E-state index is 5.95. The van der Waals surface area contributed by atoms with E-state index in [1.807, 2.05) is 0 Å². The molecule has 5 nitrogen and oxygen atoms in total. The zero-order valence-electron chi connectivity index (χ0n) is 8.95. The molecular weight excluding hydrogens is 228 g/mol. The van der Waals surface area contributed by atoms with Crippen molar-refractivity contribution in [1.29, 1.82) is 0 Å². The van der Waals surface area contributed by atoms with Crippen LogP contribution in [0.15, 0.2) is 6.20 Å². The molecule has 0 saturated heterocycles. The minimum Gasteiger partial charge on any atom is -0.473 e. The van der Waals surface area contributed by atoms with E-state index < -0.39 is 0 Å². The first-order valence-electron chi connectivity index (χ1n) is 5.45. The summed E-state index contributed by atoms with van der Waals surface area (Å²) < 4.78 is 5.75. The molecule has 3 N–H and O–H groups in total. The number of hydrogen-bond donors (Lipinski definition) is 2. The van der Waals surface area contributed by atoms with Crippen molar-refractivity contribution in [3.05, 3.63) is 11.2 Å². The summed E-state index contributed by atoms with van der Waals surface area (Å²) in [6.07, 6.45) is 7.52. The van der Waals surface area contributed by atoms with Gasteiger partial charge in [0.25, 0.3) is 0 Å². The van der Waals surface area contributed by atoms with E-state index in [9.17, 15) is 0 Å². The summed E-state index contributed by atoms with van der Waals surface area (Å²) in [5.41, 5.74) is 2.37. The number of hydrogen-bond acceptors (Lipinski definition) is 5. The fourth-order valence-electron chi connectivity index (χ4n) is 1.84. The first-order valence-corrected chi connectivity index (χ1v) is 5.83. The average Bonchev–Trinajstić information content (AvgIpc) is 2.33. The molecule has 1 aromatic heterocycles. The highest BCUT2D eigenvalue weighted by Gasteiger charge is 2.17. The van der Waals surface area contributed by atoms with Gasteiger partial charge in [-0.05, 0) is 25.7 Å². The van der Waals surface area contributed by atoms with Gasteiger partial charge in [0.15, 0.2) is 0 Å². The largest absolute Gasteiger partial charge is 0.473 e. The van der Waals surface area contributed by atoms with Crippen molar-refractivity contribution in [1.82, 2.24) is 9.97 Å². The van der Waals surface area contributed by atoms with Crippen LogP contribution in [0.5, 0.6) is 5.88 Å². The molecule has 0 spiro atoms. The number of aromatic nitrogens is 2. The molecular formula is C10H15ClN4O. The minimum atomic E-state index is 0.215. The monoisotopic (exact) mass is 242 g/mol. The number of rotatable bonds is 3. The second-order valence-electron chi connectivity index (χ2n) is 3.87. The van der Waals surface area contributed by atoms with Crippen molar-refractivity contribution in [2.24, 2.45) is 5.84 Å². The Balaban J connectivity index is 2.06. The Morgan fingerprint density at radius 3 is 2.81 bits per heavy atom. The number of halogens is 1. The van der Waals surface area contributed by atoms with Crippen molar-refractivity contribution in [3.8, 4) is 5.88 Å². The molecule has 0 radical (unpaired) electrons. The quantitative estimate of drug-likeness (QED) is 0.628. The molecule has 0 aromatic carbocycles. The highest BCUT2D eigenvalue weighted by molar-refractivity contribution is 6.31.